The zero-order valence-corrected chi connectivity index (χ0v) is 12.3. The molecule has 0 saturated heterocycles. The average Bonchev–Trinajstić information content (AvgIpc) is 2.90. The van der Waals surface area contributed by atoms with Gasteiger partial charge < -0.3 is 9.73 Å². The van der Waals surface area contributed by atoms with Gasteiger partial charge in [-0.2, -0.15) is 0 Å². The van der Waals surface area contributed by atoms with Crippen molar-refractivity contribution in [2.45, 2.75) is 20.4 Å². The molecular formula is C15H18N2OS. The molecule has 0 aliphatic heterocycles. The third kappa shape index (κ3) is 3.89. The number of aryl methyl sites for hydroxylation is 2. The Labute approximate surface area is 118 Å². The molecule has 1 aromatic carbocycles. The molecular weight excluding hydrogens is 256 g/mol. The number of aliphatic imine (C=N–C) groups is 1. The molecule has 1 heterocycles. The fourth-order valence-electron chi connectivity index (χ4n) is 1.78. The van der Waals surface area contributed by atoms with Crippen LogP contribution in [0.1, 0.15) is 16.9 Å². The number of anilines is 1. The van der Waals surface area contributed by atoms with Crippen LogP contribution in [0, 0.1) is 13.8 Å². The summed E-state index contributed by atoms with van der Waals surface area (Å²) in [4.78, 5) is 4.52. The third-order valence-corrected chi connectivity index (χ3v) is 3.39. The van der Waals surface area contributed by atoms with Gasteiger partial charge in [-0.15, -0.1) is 0 Å². The number of hydrogen-bond donors (Lipinski definition) is 1. The van der Waals surface area contributed by atoms with Gasteiger partial charge in [-0.3, -0.25) is 4.99 Å². The van der Waals surface area contributed by atoms with Gasteiger partial charge >= 0.3 is 0 Å². The standard InChI is InChI=1S/C15H18N2OS/c1-11-6-7-14(12(2)9-11)17-15(19-3)16-10-13-5-4-8-18-13/h4-9H,10H2,1-3H3,(H,16,17). The summed E-state index contributed by atoms with van der Waals surface area (Å²) in [5.74, 6) is 0.869. The molecule has 2 rings (SSSR count). The summed E-state index contributed by atoms with van der Waals surface area (Å²) in [6, 6.07) is 10.1. The van der Waals surface area contributed by atoms with E-state index in [1.165, 1.54) is 11.1 Å². The zero-order chi connectivity index (χ0) is 13.7. The number of rotatable bonds is 3. The van der Waals surface area contributed by atoms with Crippen LogP contribution in [0.25, 0.3) is 0 Å². The molecule has 2 aromatic rings. The predicted octanol–water partition coefficient (Wildman–Crippen LogP) is 4.23. The highest BCUT2D eigenvalue weighted by Gasteiger charge is 2.02. The number of hydrogen-bond acceptors (Lipinski definition) is 3. The number of amidine groups is 1. The summed E-state index contributed by atoms with van der Waals surface area (Å²) in [5, 5.41) is 4.25. The van der Waals surface area contributed by atoms with E-state index in [4.69, 9.17) is 4.42 Å². The van der Waals surface area contributed by atoms with Gasteiger partial charge in [-0.1, -0.05) is 29.5 Å². The second-order valence-corrected chi connectivity index (χ2v) is 5.14. The molecule has 0 spiro atoms. The first-order valence-electron chi connectivity index (χ1n) is 6.14. The molecule has 3 nitrogen and oxygen atoms in total. The first-order valence-corrected chi connectivity index (χ1v) is 7.36. The first-order chi connectivity index (χ1) is 9.19. The van der Waals surface area contributed by atoms with Crippen LogP contribution in [0.3, 0.4) is 0 Å². The normalized spacial score (nSPS) is 11.6. The second-order valence-electron chi connectivity index (χ2n) is 4.35. The summed E-state index contributed by atoms with van der Waals surface area (Å²) < 4.78 is 5.27. The van der Waals surface area contributed by atoms with Crippen LogP contribution in [-0.4, -0.2) is 11.4 Å². The molecule has 0 bridgehead atoms. The van der Waals surface area contributed by atoms with Crippen molar-refractivity contribution < 1.29 is 4.42 Å². The smallest absolute Gasteiger partial charge is 0.161 e. The molecule has 0 fully saturated rings. The van der Waals surface area contributed by atoms with Crippen molar-refractivity contribution in [3.05, 3.63) is 53.5 Å². The molecule has 0 saturated carbocycles. The number of thioether (sulfide) groups is 1. The maximum atomic E-state index is 5.27. The number of benzene rings is 1. The van der Waals surface area contributed by atoms with E-state index in [1.54, 1.807) is 18.0 Å². The zero-order valence-electron chi connectivity index (χ0n) is 11.4. The van der Waals surface area contributed by atoms with Gasteiger partial charge in [0.2, 0.25) is 0 Å². The highest BCUT2D eigenvalue weighted by atomic mass is 32.2. The van der Waals surface area contributed by atoms with Crippen LogP contribution in [0.15, 0.2) is 46.0 Å². The molecule has 0 atom stereocenters. The number of nitrogens with zero attached hydrogens (tertiary/aromatic N) is 1. The molecule has 0 aliphatic carbocycles. The molecule has 1 N–H and O–H groups in total. The van der Waals surface area contributed by atoms with E-state index in [9.17, 15) is 0 Å². The Balaban J connectivity index is 2.08. The van der Waals surface area contributed by atoms with Gasteiger partial charge in [0.15, 0.2) is 5.17 Å². The van der Waals surface area contributed by atoms with Crippen molar-refractivity contribution >= 4 is 22.6 Å². The Morgan fingerprint density at radius 1 is 1.32 bits per heavy atom. The molecule has 0 aliphatic rings. The van der Waals surface area contributed by atoms with Crippen molar-refractivity contribution in [1.82, 2.24) is 0 Å². The van der Waals surface area contributed by atoms with Crippen molar-refractivity contribution in [2.75, 3.05) is 11.6 Å². The average molecular weight is 274 g/mol. The Bertz CT molecular complexity index is 562. The van der Waals surface area contributed by atoms with Crippen molar-refractivity contribution in [3.63, 3.8) is 0 Å². The lowest BCUT2D eigenvalue weighted by Crippen LogP contribution is -2.09. The molecule has 0 radical (unpaired) electrons. The van der Waals surface area contributed by atoms with Gasteiger partial charge in [0.25, 0.3) is 0 Å². The second kappa shape index (κ2) is 6.48. The molecule has 100 valence electrons. The fourth-order valence-corrected chi connectivity index (χ4v) is 2.18. The summed E-state index contributed by atoms with van der Waals surface area (Å²) >= 11 is 1.60. The summed E-state index contributed by atoms with van der Waals surface area (Å²) in [6.45, 7) is 4.75. The minimum Gasteiger partial charge on any atom is -0.467 e. The minimum atomic E-state index is 0.557. The summed E-state index contributed by atoms with van der Waals surface area (Å²) in [6.07, 6.45) is 3.68. The number of furan rings is 1. The first kappa shape index (κ1) is 13.7. The largest absolute Gasteiger partial charge is 0.467 e. The van der Waals surface area contributed by atoms with Crippen LogP contribution >= 0.6 is 11.8 Å². The quantitative estimate of drug-likeness (QED) is 0.672. The molecule has 0 unspecified atom stereocenters. The van der Waals surface area contributed by atoms with Crippen LogP contribution in [0.5, 0.6) is 0 Å². The Morgan fingerprint density at radius 3 is 2.79 bits per heavy atom. The maximum Gasteiger partial charge on any atom is 0.161 e. The fraction of sp³-hybridized carbons (Fsp3) is 0.267. The van der Waals surface area contributed by atoms with Gasteiger partial charge in [-0.25, -0.2) is 0 Å². The van der Waals surface area contributed by atoms with E-state index >= 15 is 0 Å². The Kier molecular flexibility index (Phi) is 4.68. The lowest BCUT2D eigenvalue weighted by Gasteiger charge is -2.10. The lowest BCUT2D eigenvalue weighted by molar-refractivity contribution is 0.513. The maximum absolute atomic E-state index is 5.27. The summed E-state index contributed by atoms with van der Waals surface area (Å²) in [5.41, 5.74) is 3.58. The highest BCUT2D eigenvalue weighted by molar-refractivity contribution is 8.13. The van der Waals surface area contributed by atoms with Crippen molar-refractivity contribution in [1.29, 1.82) is 0 Å². The Hall–Kier alpha value is -1.68. The molecule has 4 heteroatoms. The topological polar surface area (TPSA) is 37.5 Å². The van der Waals surface area contributed by atoms with E-state index in [-0.39, 0.29) is 0 Å². The Morgan fingerprint density at radius 2 is 2.16 bits per heavy atom. The van der Waals surface area contributed by atoms with E-state index < -0.39 is 0 Å². The van der Waals surface area contributed by atoms with Crippen LogP contribution in [0.4, 0.5) is 5.69 Å². The van der Waals surface area contributed by atoms with Gasteiger partial charge in [0.1, 0.15) is 5.76 Å². The van der Waals surface area contributed by atoms with Gasteiger partial charge in [-0.05, 0) is 43.9 Å². The number of nitrogens with one attached hydrogen (secondary N) is 1. The van der Waals surface area contributed by atoms with Gasteiger partial charge in [0.05, 0.1) is 12.8 Å². The van der Waals surface area contributed by atoms with Crippen LogP contribution in [0.2, 0.25) is 0 Å². The van der Waals surface area contributed by atoms with Crippen molar-refractivity contribution in [3.8, 4) is 0 Å². The van der Waals surface area contributed by atoms with Crippen LogP contribution in [-0.2, 0) is 6.54 Å². The van der Waals surface area contributed by atoms with Crippen LogP contribution < -0.4 is 5.32 Å². The van der Waals surface area contributed by atoms with E-state index in [0.29, 0.717) is 6.54 Å². The third-order valence-electron chi connectivity index (χ3n) is 2.78. The van der Waals surface area contributed by atoms with Crippen molar-refractivity contribution in [2.24, 2.45) is 4.99 Å². The minimum absolute atomic E-state index is 0.557. The van der Waals surface area contributed by atoms with E-state index in [2.05, 4.69) is 42.4 Å². The molecule has 1 aromatic heterocycles. The predicted molar refractivity (Wildman–Crippen MR) is 82.9 cm³/mol. The monoisotopic (exact) mass is 274 g/mol. The summed E-state index contributed by atoms with van der Waals surface area (Å²) in [7, 11) is 0. The van der Waals surface area contributed by atoms with Gasteiger partial charge in [0, 0.05) is 5.69 Å². The van der Waals surface area contributed by atoms with E-state index in [0.717, 1.165) is 16.6 Å². The molecule has 0 amide bonds. The highest BCUT2D eigenvalue weighted by Crippen LogP contribution is 2.18. The lowest BCUT2D eigenvalue weighted by atomic mass is 10.1. The molecule has 19 heavy (non-hydrogen) atoms. The SMILES string of the molecule is CSC(=NCc1ccco1)Nc1ccc(C)cc1C. The van der Waals surface area contributed by atoms with E-state index in [1.807, 2.05) is 18.4 Å².